The fourth-order valence-electron chi connectivity index (χ4n) is 1.54. The van der Waals surface area contributed by atoms with Crippen LogP contribution in [0.3, 0.4) is 0 Å². The molecule has 1 N–H and O–H groups in total. The maximum absolute atomic E-state index is 12.8. The van der Waals surface area contributed by atoms with E-state index < -0.39 is 0 Å². The van der Waals surface area contributed by atoms with E-state index in [4.69, 9.17) is 0 Å². The Morgan fingerprint density at radius 1 is 1.42 bits per heavy atom. The molecule has 0 fully saturated rings. The zero-order chi connectivity index (χ0) is 13.7. The molecule has 1 aromatic heterocycles. The highest BCUT2D eigenvalue weighted by atomic mass is 32.2. The van der Waals surface area contributed by atoms with Crippen molar-refractivity contribution in [2.45, 2.75) is 11.7 Å². The lowest BCUT2D eigenvalue weighted by Crippen LogP contribution is -2.20. The summed E-state index contributed by atoms with van der Waals surface area (Å²) in [6.07, 6.45) is 3.53. The van der Waals surface area contributed by atoms with E-state index in [-0.39, 0.29) is 11.7 Å². The number of halogens is 1. The maximum atomic E-state index is 12.8. The van der Waals surface area contributed by atoms with Crippen LogP contribution in [0.2, 0.25) is 0 Å². The van der Waals surface area contributed by atoms with Crippen molar-refractivity contribution in [3.05, 3.63) is 48.0 Å². The molecule has 0 unspecified atom stereocenters. The molecule has 0 bridgehead atoms. The molecule has 1 amide bonds. The van der Waals surface area contributed by atoms with Gasteiger partial charge in [-0.3, -0.25) is 4.79 Å². The van der Waals surface area contributed by atoms with Crippen LogP contribution in [0, 0.1) is 5.82 Å². The van der Waals surface area contributed by atoms with Crippen LogP contribution < -0.4 is 5.32 Å². The van der Waals surface area contributed by atoms with Crippen molar-refractivity contribution in [3.8, 4) is 0 Å². The second-order valence-electron chi connectivity index (χ2n) is 3.93. The van der Waals surface area contributed by atoms with Crippen molar-refractivity contribution in [2.75, 3.05) is 12.8 Å². The molecule has 6 heteroatoms. The van der Waals surface area contributed by atoms with E-state index in [2.05, 4.69) is 10.3 Å². The van der Waals surface area contributed by atoms with Crippen LogP contribution in [-0.4, -0.2) is 28.3 Å². The van der Waals surface area contributed by atoms with E-state index in [1.54, 1.807) is 25.4 Å². The molecule has 2 rings (SSSR count). The van der Waals surface area contributed by atoms with Gasteiger partial charge >= 0.3 is 0 Å². The molecule has 0 saturated heterocycles. The first-order valence-corrected chi connectivity index (χ1v) is 6.76. The minimum Gasteiger partial charge on any atom is -0.358 e. The van der Waals surface area contributed by atoms with Crippen LogP contribution in [0.1, 0.15) is 5.56 Å². The number of amides is 1. The van der Waals surface area contributed by atoms with Gasteiger partial charge in [-0.2, -0.15) is 0 Å². The highest BCUT2D eigenvalue weighted by molar-refractivity contribution is 7.99. The summed E-state index contributed by atoms with van der Waals surface area (Å²) in [4.78, 5) is 15.4. The van der Waals surface area contributed by atoms with Crippen molar-refractivity contribution in [1.29, 1.82) is 0 Å². The predicted molar refractivity (Wildman–Crippen MR) is 72.5 cm³/mol. The third-order valence-corrected chi connectivity index (χ3v) is 3.56. The van der Waals surface area contributed by atoms with Crippen molar-refractivity contribution in [3.63, 3.8) is 0 Å². The number of hydrogen-bond acceptors (Lipinski definition) is 3. The summed E-state index contributed by atoms with van der Waals surface area (Å²) in [5, 5.41) is 3.34. The molecule has 0 aliphatic heterocycles. The molecule has 0 atom stereocenters. The van der Waals surface area contributed by atoms with Gasteiger partial charge in [0.25, 0.3) is 0 Å². The highest BCUT2D eigenvalue weighted by Gasteiger charge is 2.07. The average molecular weight is 279 g/mol. The lowest BCUT2D eigenvalue weighted by Gasteiger charge is -2.07. The third-order valence-electron chi connectivity index (χ3n) is 2.55. The number of nitrogens with zero attached hydrogens (tertiary/aromatic N) is 2. The van der Waals surface area contributed by atoms with Crippen LogP contribution in [-0.2, 0) is 11.3 Å². The molecule has 4 nitrogen and oxygen atoms in total. The van der Waals surface area contributed by atoms with E-state index in [0.29, 0.717) is 12.3 Å². The summed E-state index contributed by atoms with van der Waals surface area (Å²) in [6, 6.07) is 6.35. The molecule has 1 aromatic carbocycles. The number of hydrogen-bond donors (Lipinski definition) is 1. The zero-order valence-electron chi connectivity index (χ0n) is 10.5. The molecule has 0 radical (unpaired) electrons. The average Bonchev–Trinajstić information content (AvgIpc) is 2.86. The van der Waals surface area contributed by atoms with E-state index in [1.165, 1.54) is 23.9 Å². The Kier molecular flexibility index (Phi) is 4.57. The Balaban J connectivity index is 2.03. The van der Waals surface area contributed by atoms with Crippen LogP contribution >= 0.6 is 11.8 Å². The standard InChI is InChI=1S/C13H14FN3OS/c1-15-12(18)9-19-13-16-6-7-17(13)8-10-2-4-11(14)5-3-10/h2-7H,8-9H2,1H3,(H,15,18). The Labute approximate surface area is 115 Å². The van der Waals surface area contributed by atoms with E-state index in [1.807, 2.05) is 10.8 Å². The van der Waals surface area contributed by atoms with Gasteiger partial charge in [-0.05, 0) is 17.7 Å². The molecule has 0 saturated carbocycles. The number of nitrogens with one attached hydrogen (secondary N) is 1. The Morgan fingerprint density at radius 2 is 2.16 bits per heavy atom. The van der Waals surface area contributed by atoms with Gasteiger partial charge in [0.15, 0.2) is 5.16 Å². The number of carbonyl (C=O) groups excluding carboxylic acids is 1. The van der Waals surface area contributed by atoms with Crippen molar-refractivity contribution >= 4 is 17.7 Å². The first-order chi connectivity index (χ1) is 9.19. The summed E-state index contributed by atoms with van der Waals surface area (Å²) in [5.41, 5.74) is 0.987. The van der Waals surface area contributed by atoms with E-state index in [0.717, 1.165) is 10.7 Å². The summed E-state index contributed by atoms with van der Waals surface area (Å²) >= 11 is 1.37. The molecule has 2 aromatic rings. The molecular formula is C13H14FN3OS. The highest BCUT2D eigenvalue weighted by Crippen LogP contribution is 2.17. The smallest absolute Gasteiger partial charge is 0.230 e. The molecule has 1 heterocycles. The minimum absolute atomic E-state index is 0.0404. The van der Waals surface area contributed by atoms with Gasteiger partial charge in [-0.1, -0.05) is 23.9 Å². The molecule has 0 spiro atoms. The molecule has 0 aliphatic rings. The number of aromatic nitrogens is 2. The van der Waals surface area contributed by atoms with E-state index in [9.17, 15) is 9.18 Å². The minimum atomic E-state index is -0.247. The monoisotopic (exact) mass is 279 g/mol. The number of benzene rings is 1. The van der Waals surface area contributed by atoms with Gasteiger partial charge < -0.3 is 9.88 Å². The second kappa shape index (κ2) is 6.38. The maximum Gasteiger partial charge on any atom is 0.230 e. The first kappa shape index (κ1) is 13.6. The number of imidazole rings is 1. The van der Waals surface area contributed by atoms with Gasteiger partial charge in [0.1, 0.15) is 5.82 Å². The van der Waals surface area contributed by atoms with Gasteiger partial charge in [0, 0.05) is 26.0 Å². The second-order valence-corrected chi connectivity index (χ2v) is 4.87. The third kappa shape index (κ3) is 3.82. The van der Waals surface area contributed by atoms with Gasteiger partial charge in [-0.25, -0.2) is 9.37 Å². The number of thioether (sulfide) groups is 1. The number of carbonyl (C=O) groups is 1. The summed E-state index contributed by atoms with van der Waals surface area (Å²) in [7, 11) is 1.61. The Morgan fingerprint density at radius 3 is 2.84 bits per heavy atom. The molecule has 100 valence electrons. The predicted octanol–water partition coefficient (Wildman–Crippen LogP) is 1.91. The fourth-order valence-corrected chi connectivity index (χ4v) is 2.38. The van der Waals surface area contributed by atoms with Crippen LogP contribution in [0.4, 0.5) is 4.39 Å². The van der Waals surface area contributed by atoms with Crippen LogP contribution in [0.25, 0.3) is 0 Å². The molecule has 0 aliphatic carbocycles. The number of rotatable bonds is 5. The Bertz CT molecular complexity index is 553. The lowest BCUT2D eigenvalue weighted by atomic mass is 10.2. The summed E-state index contributed by atoms with van der Waals surface area (Å²) in [6.45, 7) is 0.607. The fraction of sp³-hybridized carbons (Fsp3) is 0.231. The molecule has 19 heavy (non-hydrogen) atoms. The summed E-state index contributed by atoms with van der Waals surface area (Å²) in [5.74, 6) is 0.0432. The SMILES string of the molecule is CNC(=O)CSc1nccn1Cc1ccc(F)cc1. The van der Waals surface area contributed by atoms with Gasteiger partial charge in [-0.15, -0.1) is 0 Å². The quantitative estimate of drug-likeness (QED) is 0.850. The van der Waals surface area contributed by atoms with Gasteiger partial charge in [0.2, 0.25) is 5.91 Å². The summed E-state index contributed by atoms with van der Waals surface area (Å²) < 4.78 is 14.8. The Hall–Kier alpha value is -1.82. The topological polar surface area (TPSA) is 46.9 Å². The largest absolute Gasteiger partial charge is 0.358 e. The zero-order valence-corrected chi connectivity index (χ0v) is 11.3. The van der Waals surface area contributed by atoms with E-state index >= 15 is 0 Å². The van der Waals surface area contributed by atoms with Crippen LogP contribution in [0.5, 0.6) is 0 Å². The van der Waals surface area contributed by atoms with Crippen molar-refractivity contribution in [1.82, 2.24) is 14.9 Å². The van der Waals surface area contributed by atoms with Crippen molar-refractivity contribution < 1.29 is 9.18 Å². The van der Waals surface area contributed by atoms with Crippen LogP contribution in [0.15, 0.2) is 41.8 Å². The first-order valence-electron chi connectivity index (χ1n) is 5.78. The van der Waals surface area contributed by atoms with Gasteiger partial charge in [0.05, 0.1) is 5.75 Å². The molecular weight excluding hydrogens is 265 g/mol. The lowest BCUT2D eigenvalue weighted by molar-refractivity contribution is -0.118. The normalized spacial score (nSPS) is 10.4. The van der Waals surface area contributed by atoms with Crippen molar-refractivity contribution in [2.24, 2.45) is 0 Å².